The summed E-state index contributed by atoms with van der Waals surface area (Å²) in [5.41, 5.74) is 1.04. The number of benzene rings is 1. The molecule has 0 atom stereocenters. The molecule has 2 rings (SSSR count). The summed E-state index contributed by atoms with van der Waals surface area (Å²) in [5, 5.41) is 12.5. The van der Waals surface area contributed by atoms with Crippen molar-refractivity contribution in [2.45, 2.75) is 33.1 Å². The number of halogens is 1. The third-order valence-corrected chi connectivity index (χ3v) is 5.06. The number of aryl methyl sites for hydroxylation is 1. The molecule has 2 N–H and O–H groups in total. The Labute approximate surface area is 154 Å². The van der Waals surface area contributed by atoms with Crippen molar-refractivity contribution in [1.29, 1.82) is 0 Å². The van der Waals surface area contributed by atoms with Gasteiger partial charge in [0.15, 0.2) is 6.61 Å². The fourth-order valence-corrected chi connectivity index (χ4v) is 3.21. The molecule has 1 heterocycles. The Kier molecular flexibility index (Phi) is 5.69. The monoisotopic (exact) mass is 382 g/mol. The molecule has 0 aliphatic heterocycles. The second-order valence-corrected chi connectivity index (χ2v) is 7.87. The third kappa shape index (κ3) is 4.93. The number of hydrogen-bond acceptors (Lipinski definition) is 5. The molecular formula is C17H19ClN2O4S. The van der Waals surface area contributed by atoms with Gasteiger partial charge in [-0.05, 0) is 25.1 Å². The number of nitrogens with zero attached hydrogens (tertiary/aromatic N) is 1. The summed E-state index contributed by atoms with van der Waals surface area (Å²) in [7, 11) is 0. The van der Waals surface area contributed by atoms with E-state index in [1.807, 2.05) is 20.8 Å². The van der Waals surface area contributed by atoms with Crippen LogP contribution in [0.1, 0.15) is 41.1 Å². The smallest absolute Gasteiger partial charge is 0.341 e. The van der Waals surface area contributed by atoms with E-state index in [0.717, 1.165) is 5.01 Å². The molecule has 0 saturated heterocycles. The quantitative estimate of drug-likeness (QED) is 0.812. The summed E-state index contributed by atoms with van der Waals surface area (Å²) in [4.78, 5) is 28.0. The number of aromatic nitrogens is 1. The van der Waals surface area contributed by atoms with Crippen LogP contribution in [0.5, 0.6) is 5.75 Å². The van der Waals surface area contributed by atoms with Gasteiger partial charge in [0.1, 0.15) is 10.6 Å². The summed E-state index contributed by atoms with van der Waals surface area (Å²) in [6, 6.07) is 4.63. The first-order valence-electron chi connectivity index (χ1n) is 7.51. The molecule has 1 amide bonds. The predicted molar refractivity (Wildman–Crippen MR) is 98.1 cm³/mol. The van der Waals surface area contributed by atoms with Gasteiger partial charge in [0.25, 0.3) is 5.91 Å². The Balaban J connectivity index is 2.14. The van der Waals surface area contributed by atoms with Gasteiger partial charge >= 0.3 is 5.97 Å². The maximum atomic E-state index is 12.5. The maximum Gasteiger partial charge on any atom is 0.341 e. The van der Waals surface area contributed by atoms with Crippen LogP contribution < -0.4 is 10.1 Å². The zero-order valence-corrected chi connectivity index (χ0v) is 15.9. The van der Waals surface area contributed by atoms with E-state index in [4.69, 9.17) is 21.4 Å². The van der Waals surface area contributed by atoms with Crippen LogP contribution in [0.25, 0.3) is 0 Å². The standard InChI is InChI=1S/C17H19ClN2O4S/c1-9-14(25-16(19-9)17(2,3)4)15(23)20-10-5-6-12(11(18)7-10)24-8-13(21)22/h5-7H,8H2,1-4H3,(H,20,23)(H,21,22). The summed E-state index contributed by atoms with van der Waals surface area (Å²) >= 11 is 7.42. The van der Waals surface area contributed by atoms with Crippen molar-refractivity contribution >= 4 is 40.5 Å². The minimum absolute atomic E-state index is 0.125. The van der Waals surface area contributed by atoms with E-state index in [-0.39, 0.29) is 22.1 Å². The van der Waals surface area contributed by atoms with Gasteiger partial charge in [-0.25, -0.2) is 9.78 Å². The number of carbonyl (C=O) groups is 2. The number of carboxylic acid groups (broad SMARTS) is 1. The van der Waals surface area contributed by atoms with E-state index >= 15 is 0 Å². The average Bonchev–Trinajstić information content (AvgIpc) is 2.88. The summed E-state index contributed by atoms with van der Waals surface area (Å²) in [5.74, 6) is -1.12. The highest BCUT2D eigenvalue weighted by Gasteiger charge is 2.23. The molecule has 2 aromatic rings. The van der Waals surface area contributed by atoms with Crippen LogP contribution in [-0.2, 0) is 10.2 Å². The Hall–Kier alpha value is -2.12. The third-order valence-electron chi connectivity index (χ3n) is 3.19. The van der Waals surface area contributed by atoms with Gasteiger partial charge < -0.3 is 15.2 Å². The summed E-state index contributed by atoms with van der Waals surface area (Å²) < 4.78 is 5.05. The van der Waals surface area contributed by atoms with Gasteiger partial charge in [-0.15, -0.1) is 11.3 Å². The summed E-state index contributed by atoms with van der Waals surface area (Å²) in [6.45, 7) is 7.45. The predicted octanol–water partition coefficient (Wildman–Crippen LogP) is 4.12. The molecule has 0 saturated carbocycles. The lowest BCUT2D eigenvalue weighted by molar-refractivity contribution is -0.139. The van der Waals surface area contributed by atoms with Crippen LogP contribution in [0.3, 0.4) is 0 Å². The van der Waals surface area contributed by atoms with Crippen LogP contribution in [0, 0.1) is 6.92 Å². The molecule has 0 fully saturated rings. The van der Waals surface area contributed by atoms with Gasteiger partial charge in [-0.2, -0.15) is 0 Å². The lowest BCUT2D eigenvalue weighted by Gasteiger charge is -2.13. The van der Waals surface area contributed by atoms with Crippen LogP contribution >= 0.6 is 22.9 Å². The van der Waals surface area contributed by atoms with Gasteiger partial charge in [0.05, 0.1) is 15.7 Å². The molecule has 25 heavy (non-hydrogen) atoms. The van der Waals surface area contributed by atoms with Gasteiger partial charge in [-0.3, -0.25) is 4.79 Å². The minimum Gasteiger partial charge on any atom is -0.480 e. The molecule has 6 nitrogen and oxygen atoms in total. The molecule has 0 unspecified atom stereocenters. The minimum atomic E-state index is -1.09. The average molecular weight is 383 g/mol. The van der Waals surface area contributed by atoms with E-state index < -0.39 is 12.6 Å². The van der Waals surface area contributed by atoms with E-state index in [1.54, 1.807) is 13.0 Å². The van der Waals surface area contributed by atoms with Crippen LogP contribution in [0.15, 0.2) is 18.2 Å². The first-order chi connectivity index (χ1) is 11.6. The molecule has 134 valence electrons. The number of amides is 1. The molecule has 1 aromatic carbocycles. The first kappa shape index (κ1) is 19.2. The van der Waals surface area contributed by atoms with Crippen molar-refractivity contribution in [3.05, 3.63) is 38.8 Å². The van der Waals surface area contributed by atoms with E-state index in [0.29, 0.717) is 16.3 Å². The molecule has 1 aromatic heterocycles. The highest BCUT2D eigenvalue weighted by molar-refractivity contribution is 7.14. The lowest BCUT2D eigenvalue weighted by atomic mass is 9.98. The number of carboxylic acids is 1. The van der Waals surface area contributed by atoms with Crippen LogP contribution in [0.4, 0.5) is 5.69 Å². The molecule has 8 heteroatoms. The largest absolute Gasteiger partial charge is 0.480 e. The van der Waals surface area contributed by atoms with Gasteiger partial charge in [0, 0.05) is 11.1 Å². The Morgan fingerprint density at radius 2 is 2.04 bits per heavy atom. The van der Waals surface area contributed by atoms with Gasteiger partial charge in [-0.1, -0.05) is 32.4 Å². The number of rotatable bonds is 5. The molecule has 0 aliphatic carbocycles. The van der Waals surface area contributed by atoms with Crippen LogP contribution in [-0.4, -0.2) is 28.6 Å². The fourth-order valence-electron chi connectivity index (χ4n) is 1.95. The number of ether oxygens (including phenoxy) is 1. The zero-order chi connectivity index (χ0) is 18.8. The van der Waals surface area contributed by atoms with Crippen LogP contribution in [0.2, 0.25) is 5.02 Å². The van der Waals surface area contributed by atoms with Crippen molar-refractivity contribution in [2.24, 2.45) is 0 Å². The Bertz CT molecular complexity index is 811. The molecule has 0 aliphatic rings. The van der Waals surface area contributed by atoms with Crippen molar-refractivity contribution in [3.8, 4) is 5.75 Å². The number of anilines is 1. The van der Waals surface area contributed by atoms with Crippen molar-refractivity contribution < 1.29 is 19.4 Å². The van der Waals surface area contributed by atoms with E-state index in [9.17, 15) is 9.59 Å². The van der Waals surface area contributed by atoms with Gasteiger partial charge in [0.2, 0.25) is 0 Å². The first-order valence-corrected chi connectivity index (χ1v) is 8.71. The maximum absolute atomic E-state index is 12.5. The van der Waals surface area contributed by atoms with E-state index in [1.165, 1.54) is 23.5 Å². The highest BCUT2D eigenvalue weighted by Crippen LogP contribution is 2.31. The number of carbonyl (C=O) groups excluding carboxylic acids is 1. The van der Waals surface area contributed by atoms with Crippen molar-refractivity contribution in [1.82, 2.24) is 4.98 Å². The topological polar surface area (TPSA) is 88.5 Å². The zero-order valence-electron chi connectivity index (χ0n) is 14.3. The van der Waals surface area contributed by atoms with Crippen molar-refractivity contribution in [2.75, 3.05) is 11.9 Å². The molecule has 0 bridgehead atoms. The fraction of sp³-hybridized carbons (Fsp3) is 0.353. The van der Waals surface area contributed by atoms with E-state index in [2.05, 4.69) is 10.3 Å². The number of thiazole rings is 1. The summed E-state index contributed by atoms with van der Waals surface area (Å²) in [6.07, 6.45) is 0. The molecule has 0 spiro atoms. The highest BCUT2D eigenvalue weighted by atomic mass is 35.5. The SMILES string of the molecule is Cc1nc(C(C)(C)C)sc1C(=O)Nc1ccc(OCC(=O)O)c(Cl)c1. The lowest BCUT2D eigenvalue weighted by Crippen LogP contribution is -2.12. The second kappa shape index (κ2) is 7.41. The Morgan fingerprint density at radius 3 is 2.56 bits per heavy atom. The molecule has 0 radical (unpaired) electrons. The number of nitrogens with one attached hydrogen (secondary N) is 1. The number of hydrogen-bond donors (Lipinski definition) is 2. The Morgan fingerprint density at radius 1 is 1.36 bits per heavy atom. The number of aliphatic carboxylic acids is 1. The molecular weight excluding hydrogens is 364 g/mol. The second-order valence-electron chi connectivity index (χ2n) is 6.47. The van der Waals surface area contributed by atoms with Crippen molar-refractivity contribution in [3.63, 3.8) is 0 Å². The normalized spacial score (nSPS) is 11.2.